The van der Waals surface area contributed by atoms with Crippen molar-refractivity contribution < 1.29 is 12.8 Å². The third-order valence-electron chi connectivity index (χ3n) is 4.18. The molecule has 2 heterocycles. The molecule has 1 saturated carbocycles. The molecule has 1 N–H and O–H groups in total. The first-order valence-electron chi connectivity index (χ1n) is 7.96. The van der Waals surface area contributed by atoms with Crippen molar-refractivity contribution in [2.24, 2.45) is 0 Å². The molecule has 6 nitrogen and oxygen atoms in total. The van der Waals surface area contributed by atoms with E-state index in [4.69, 9.17) is 4.42 Å². The number of aryl methyl sites for hydroxylation is 2. The van der Waals surface area contributed by atoms with E-state index in [0.717, 1.165) is 35.3 Å². The Morgan fingerprint density at radius 2 is 1.92 bits per heavy atom. The van der Waals surface area contributed by atoms with Crippen molar-refractivity contribution in [2.45, 2.75) is 36.8 Å². The molecule has 0 bridgehead atoms. The van der Waals surface area contributed by atoms with Crippen LogP contribution >= 0.6 is 11.3 Å². The van der Waals surface area contributed by atoms with Crippen LogP contribution in [-0.2, 0) is 10.0 Å². The molecule has 8 heteroatoms. The molecular formula is C17H17N3O3S2. The predicted octanol–water partition coefficient (Wildman–Crippen LogP) is 4.09. The number of nitrogens with zero attached hydrogens (tertiary/aromatic N) is 2. The molecular weight excluding hydrogens is 358 g/mol. The number of aromatic nitrogens is 2. The molecule has 25 heavy (non-hydrogen) atoms. The molecule has 0 spiro atoms. The van der Waals surface area contributed by atoms with Gasteiger partial charge in [0.05, 0.1) is 4.88 Å². The summed E-state index contributed by atoms with van der Waals surface area (Å²) in [4.78, 5) is 0.653. The lowest BCUT2D eigenvalue weighted by molar-refractivity contribution is 0.509. The fraction of sp³-hybridized carbons (Fsp3) is 0.294. The highest BCUT2D eigenvalue weighted by atomic mass is 32.2. The SMILES string of the molecule is Cc1ccc(NS(=O)(=O)c2ccc(-c3nnc(C4CC4)o3)s2)cc1C. The summed E-state index contributed by atoms with van der Waals surface area (Å²) in [6.07, 6.45) is 2.15. The van der Waals surface area contributed by atoms with Gasteiger partial charge >= 0.3 is 0 Å². The summed E-state index contributed by atoms with van der Waals surface area (Å²) >= 11 is 1.12. The zero-order valence-electron chi connectivity index (χ0n) is 13.8. The first-order valence-corrected chi connectivity index (χ1v) is 10.3. The molecule has 0 amide bonds. The Labute approximate surface area is 150 Å². The number of thiophene rings is 1. The van der Waals surface area contributed by atoms with Crippen LogP contribution in [0.1, 0.15) is 35.8 Å². The molecule has 0 unspecified atom stereocenters. The van der Waals surface area contributed by atoms with Gasteiger partial charge in [0.2, 0.25) is 5.89 Å². The van der Waals surface area contributed by atoms with Gasteiger partial charge in [0.25, 0.3) is 15.9 Å². The third-order valence-corrected chi connectivity index (χ3v) is 7.13. The minimum Gasteiger partial charge on any atom is -0.420 e. The van der Waals surface area contributed by atoms with Crippen molar-refractivity contribution in [3.05, 3.63) is 47.3 Å². The summed E-state index contributed by atoms with van der Waals surface area (Å²) in [6.45, 7) is 3.93. The van der Waals surface area contributed by atoms with Crippen LogP contribution in [0.3, 0.4) is 0 Å². The van der Waals surface area contributed by atoms with E-state index in [1.165, 1.54) is 0 Å². The molecule has 3 aromatic rings. The summed E-state index contributed by atoms with van der Waals surface area (Å²) in [5.74, 6) is 1.39. The lowest BCUT2D eigenvalue weighted by atomic mass is 10.1. The molecule has 1 aliphatic rings. The average molecular weight is 375 g/mol. The Balaban J connectivity index is 1.57. The van der Waals surface area contributed by atoms with Gasteiger partial charge in [-0.3, -0.25) is 4.72 Å². The molecule has 0 saturated heterocycles. The normalized spacial score (nSPS) is 14.6. The number of hydrogen-bond donors (Lipinski definition) is 1. The van der Waals surface area contributed by atoms with Gasteiger partial charge in [-0.15, -0.1) is 21.5 Å². The maximum absolute atomic E-state index is 12.6. The van der Waals surface area contributed by atoms with Crippen LogP contribution in [0.4, 0.5) is 5.69 Å². The van der Waals surface area contributed by atoms with E-state index in [-0.39, 0.29) is 4.21 Å². The van der Waals surface area contributed by atoms with Crippen LogP contribution in [0.25, 0.3) is 10.8 Å². The Kier molecular flexibility index (Phi) is 3.88. The zero-order valence-corrected chi connectivity index (χ0v) is 15.4. The van der Waals surface area contributed by atoms with E-state index in [1.807, 2.05) is 26.0 Å². The van der Waals surface area contributed by atoms with E-state index in [1.54, 1.807) is 18.2 Å². The molecule has 1 aliphatic carbocycles. The molecule has 4 rings (SSSR count). The second kappa shape index (κ2) is 5.96. The summed E-state index contributed by atoms with van der Waals surface area (Å²) in [5.41, 5.74) is 2.70. The Hall–Kier alpha value is -2.19. The van der Waals surface area contributed by atoms with Crippen LogP contribution in [0, 0.1) is 13.8 Å². The van der Waals surface area contributed by atoms with E-state index < -0.39 is 10.0 Å². The number of nitrogens with one attached hydrogen (secondary N) is 1. The van der Waals surface area contributed by atoms with Crippen LogP contribution in [0.5, 0.6) is 0 Å². The van der Waals surface area contributed by atoms with Crippen molar-refractivity contribution in [3.8, 4) is 10.8 Å². The van der Waals surface area contributed by atoms with Gasteiger partial charge in [-0.05, 0) is 62.1 Å². The summed E-state index contributed by atoms with van der Waals surface area (Å²) < 4.78 is 33.7. The van der Waals surface area contributed by atoms with Crippen molar-refractivity contribution >= 4 is 27.0 Å². The fourth-order valence-corrected chi connectivity index (χ4v) is 4.70. The van der Waals surface area contributed by atoms with Crippen LogP contribution in [-0.4, -0.2) is 18.6 Å². The molecule has 1 fully saturated rings. The molecule has 0 radical (unpaired) electrons. The predicted molar refractivity (Wildman–Crippen MR) is 96.3 cm³/mol. The maximum Gasteiger partial charge on any atom is 0.271 e. The second-order valence-electron chi connectivity index (χ2n) is 6.24. The lowest BCUT2D eigenvalue weighted by Crippen LogP contribution is -2.11. The quantitative estimate of drug-likeness (QED) is 0.726. The second-order valence-corrected chi connectivity index (χ2v) is 9.24. The number of rotatable bonds is 5. The largest absolute Gasteiger partial charge is 0.420 e. The molecule has 1 aromatic carbocycles. The summed E-state index contributed by atoms with van der Waals surface area (Å²) in [5, 5.41) is 8.06. The molecule has 0 aliphatic heterocycles. The van der Waals surface area contributed by atoms with Crippen molar-refractivity contribution in [2.75, 3.05) is 4.72 Å². The summed E-state index contributed by atoms with van der Waals surface area (Å²) in [6, 6.07) is 8.73. The maximum atomic E-state index is 12.6. The van der Waals surface area contributed by atoms with Gasteiger partial charge in [-0.2, -0.15) is 0 Å². The Morgan fingerprint density at radius 3 is 2.64 bits per heavy atom. The van der Waals surface area contributed by atoms with Crippen molar-refractivity contribution in [1.29, 1.82) is 0 Å². The Morgan fingerprint density at radius 1 is 1.12 bits per heavy atom. The first-order chi connectivity index (χ1) is 11.9. The molecule has 2 aromatic heterocycles. The number of hydrogen-bond acceptors (Lipinski definition) is 6. The molecule has 130 valence electrons. The number of sulfonamides is 1. The number of anilines is 1. The van der Waals surface area contributed by atoms with Crippen LogP contribution in [0.15, 0.2) is 39.0 Å². The highest BCUT2D eigenvalue weighted by Crippen LogP contribution is 2.40. The highest BCUT2D eigenvalue weighted by molar-refractivity contribution is 7.94. The fourth-order valence-electron chi connectivity index (χ4n) is 2.42. The zero-order chi connectivity index (χ0) is 17.6. The Bertz CT molecular complexity index is 1030. The lowest BCUT2D eigenvalue weighted by Gasteiger charge is -2.08. The first kappa shape index (κ1) is 16.3. The van der Waals surface area contributed by atoms with Gasteiger partial charge in [0.15, 0.2) is 0 Å². The standard InChI is InChI=1S/C17H17N3O3S2/c1-10-3-6-13(9-11(10)2)20-25(21,22)15-8-7-14(24-15)17-19-18-16(23-17)12-4-5-12/h3,6-9,12,20H,4-5H2,1-2H3. The topological polar surface area (TPSA) is 85.1 Å². The van der Waals surface area contributed by atoms with E-state index in [2.05, 4.69) is 14.9 Å². The highest BCUT2D eigenvalue weighted by Gasteiger charge is 2.30. The minimum atomic E-state index is -3.65. The van der Waals surface area contributed by atoms with Gasteiger partial charge in [-0.25, -0.2) is 8.42 Å². The van der Waals surface area contributed by atoms with Gasteiger partial charge in [0, 0.05) is 11.6 Å². The number of benzene rings is 1. The van der Waals surface area contributed by atoms with Gasteiger partial charge in [-0.1, -0.05) is 6.07 Å². The van der Waals surface area contributed by atoms with Crippen molar-refractivity contribution in [3.63, 3.8) is 0 Å². The summed E-state index contributed by atoms with van der Waals surface area (Å²) in [7, 11) is -3.65. The third kappa shape index (κ3) is 3.32. The van der Waals surface area contributed by atoms with Crippen molar-refractivity contribution in [1.82, 2.24) is 10.2 Å². The van der Waals surface area contributed by atoms with Gasteiger partial charge < -0.3 is 4.42 Å². The molecule has 0 atom stereocenters. The van der Waals surface area contributed by atoms with E-state index in [0.29, 0.717) is 28.3 Å². The van der Waals surface area contributed by atoms with Gasteiger partial charge in [0.1, 0.15) is 4.21 Å². The van der Waals surface area contributed by atoms with Crippen LogP contribution in [0.2, 0.25) is 0 Å². The average Bonchev–Trinajstić information content (AvgIpc) is 3.10. The van der Waals surface area contributed by atoms with Crippen LogP contribution < -0.4 is 4.72 Å². The van der Waals surface area contributed by atoms with E-state index in [9.17, 15) is 8.42 Å². The monoisotopic (exact) mass is 375 g/mol. The smallest absolute Gasteiger partial charge is 0.271 e. The minimum absolute atomic E-state index is 0.215. The van der Waals surface area contributed by atoms with E-state index >= 15 is 0 Å².